The quantitative estimate of drug-likeness (QED) is 0.135. The SMILES string of the molecule is CCOP(=O)(CCNC(=O)C[n+]1ccc2c(c1)C(=O)c1c(NCCN)ccc(NCCN)c1C2=O)OCC. The molecule has 0 aliphatic heterocycles. The summed E-state index contributed by atoms with van der Waals surface area (Å²) >= 11 is 0. The number of benzene rings is 1. The van der Waals surface area contributed by atoms with E-state index in [1.807, 2.05) is 0 Å². The van der Waals surface area contributed by atoms with Gasteiger partial charge in [-0.3, -0.25) is 18.9 Å². The molecule has 38 heavy (non-hydrogen) atoms. The van der Waals surface area contributed by atoms with Crippen molar-refractivity contribution >= 4 is 36.4 Å². The Labute approximate surface area is 222 Å². The minimum atomic E-state index is -3.27. The van der Waals surface area contributed by atoms with Gasteiger partial charge in [-0.05, 0) is 26.0 Å². The second kappa shape index (κ2) is 13.6. The average Bonchev–Trinajstić information content (AvgIpc) is 2.89. The van der Waals surface area contributed by atoms with Crippen LogP contribution < -0.4 is 32.0 Å². The fraction of sp³-hybridized carbons (Fsp3) is 0.440. The van der Waals surface area contributed by atoms with E-state index in [2.05, 4.69) is 16.0 Å². The molecule has 1 heterocycles. The number of hydrogen-bond donors (Lipinski definition) is 5. The van der Waals surface area contributed by atoms with Crippen LogP contribution >= 0.6 is 7.60 Å². The molecule has 0 saturated carbocycles. The number of ketones is 2. The molecule has 12 nitrogen and oxygen atoms in total. The summed E-state index contributed by atoms with van der Waals surface area (Å²) in [5.74, 6) is -0.998. The highest BCUT2D eigenvalue weighted by Crippen LogP contribution is 2.47. The maximum absolute atomic E-state index is 13.7. The third-order valence-corrected chi connectivity index (χ3v) is 7.85. The van der Waals surface area contributed by atoms with Crippen molar-refractivity contribution in [2.75, 3.05) is 62.7 Å². The lowest BCUT2D eigenvalue weighted by Gasteiger charge is -2.23. The molecule has 0 spiro atoms. The van der Waals surface area contributed by atoms with Crippen LogP contribution in [0.4, 0.5) is 11.4 Å². The molecule has 0 radical (unpaired) electrons. The first-order valence-electron chi connectivity index (χ1n) is 12.6. The van der Waals surface area contributed by atoms with E-state index in [4.69, 9.17) is 20.5 Å². The van der Waals surface area contributed by atoms with E-state index >= 15 is 0 Å². The fourth-order valence-electron chi connectivity index (χ4n) is 4.18. The molecule has 0 atom stereocenters. The van der Waals surface area contributed by atoms with Gasteiger partial charge in [-0.15, -0.1) is 0 Å². The van der Waals surface area contributed by atoms with Crippen molar-refractivity contribution in [1.29, 1.82) is 0 Å². The molecular weight excluding hydrogens is 511 g/mol. The number of carbonyl (C=O) groups excluding carboxylic acids is 3. The van der Waals surface area contributed by atoms with Gasteiger partial charge in [-0.2, -0.15) is 4.57 Å². The molecule has 2 aromatic rings. The highest BCUT2D eigenvalue weighted by molar-refractivity contribution is 7.53. The number of nitrogens with zero attached hydrogens (tertiary/aromatic N) is 1. The number of aromatic nitrogens is 1. The highest BCUT2D eigenvalue weighted by atomic mass is 31.2. The maximum Gasteiger partial charge on any atom is 0.332 e. The first-order chi connectivity index (χ1) is 18.3. The lowest BCUT2D eigenvalue weighted by atomic mass is 9.83. The normalized spacial score (nSPS) is 12.6. The van der Waals surface area contributed by atoms with Gasteiger partial charge >= 0.3 is 7.60 Å². The Balaban J connectivity index is 1.81. The van der Waals surface area contributed by atoms with Gasteiger partial charge in [0.05, 0.1) is 36.1 Å². The molecule has 1 amide bonds. The van der Waals surface area contributed by atoms with E-state index < -0.39 is 7.60 Å². The first kappa shape index (κ1) is 29.4. The Morgan fingerprint density at radius 1 is 0.895 bits per heavy atom. The minimum Gasteiger partial charge on any atom is -0.383 e. The lowest BCUT2D eigenvalue weighted by Crippen LogP contribution is -2.44. The minimum absolute atomic E-state index is 0.0398. The summed E-state index contributed by atoms with van der Waals surface area (Å²) in [6, 6.07) is 5.01. The van der Waals surface area contributed by atoms with Gasteiger partial charge in [0, 0.05) is 55.7 Å². The van der Waals surface area contributed by atoms with Crippen LogP contribution in [-0.4, -0.2) is 69.6 Å². The summed E-state index contributed by atoms with van der Waals surface area (Å²) in [6.07, 6.45) is 3.11. The van der Waals surface area contributed by atoms with Crippen molar-refractivity contribution in [2.24, 2.45) is 11.5 Å². The zero-order chi connectivity index (χ0) is 27.7. The van der Waals surface area contributed by atoms with Gasteiger partial charge in [0.2, 0.25) is 12.3 Å². The number of pyridine rings is 1. The number of hydrogen-bond acceptors (Lipinski definition) is 10. The van der Waals surface area contributed by atoms with E-state index in [0.717, 1.165) is 0 Å². The second-order valence-corrected chi connectivity index (χ2v) is 10.6. The Kier molecular flexibility index (Phi) is 10.5. The number of fused-ring (bicyclic) bond motifs is 2. The zero-order valence-corrected chi connectivity index (χ0v) is 22.6. The first-order valence-corrected chi connectivity index (χ1v) is 14.3. The topological polar surface area (TPSA) is 179 Å². The van der Waals surface area contributed by atoms with Gasteiger partial charge in [0.15, 0.2) is 18.2 Å². The smallest absolute Gasteiger partial charge is 0.332 e. The molecule has 0 bridgehead atoms. The summed E-state index contributed by atoms with van der Waals surface area (Å²) in [5.41, 5.74) is 13.3. The van der Waals surface area contributed by atoms with Gasteiger partial charge in [-0.25, -0.2) is 0 Å². The Bertz CT molecular complexity index is 1230. The molecule has 0 fully saturated rings. The number of rotatable bonds is 15. The lowest BCUT2D eigenvalue weighted by molar-refractivity contribution is -0.684. The molecule has 13 heteroatoms. The van der Waals surface area contributed by atoms with Crippen LogP contribution in [0.25, 0.3) is 0 Å². The molecule has 0 saturated heterocycles. The summed E-state index contributed by atoms with van der Waals surface area (Å²) in [4.78, 5) is 39.7. The predicted molar refractivity (Wildman–Crippen MR) is 144 cm³/mol. The number of nitrogens with one attached hydrogen (secondary N) is 3. The molecule has 3 rings (SSSR count). The summed E-state index contributed by atoms with van der Waals surface area (Å²) < 4.78 is 24.6. The van der Waals surface area contributed by atoms with E-state index in [9.17, 15) is 18.9 Å². The van der Waals surface area contributed by atoms with Crippen LogP contribution in [-0.2, 0) is 25.0 Å². The van der Waals surface area contributed by atoms with Gasteiger partial charge in [0.1, 0.15) is 0 Å². The van der Waals surface area contributed by atoms with Crippen molar-refractivity contribution in [3.63, 3.8) is 0 Å². The third-order valence-electron chi connectivity index (χ3n) is 5.77. The van der Waals surface area contributed by atoms with Crippen LogP contribution in [0.3, 0.4) is 0 Å². The number of amides is 1. The van der Waals surface area contributed by atoms with Crippen molar-refractivity contribution in [1.82, 2.24) is 5.32 Å². The molecule has 0 unspecified atom stereocenters. The maximum atomic E-state index is 13.7. The highest BCUT2D eigenvalue weighted by Gasteiger charge is 2.36. The Morgan fingerprint density at radius 3 is 1.97 bits per heavy atom. The Morgan fingerprint density at radius 2 is 1.45 bits per heavy atom. The summed E-state index contributed by atoms with van der Waals surface area (Å²) in [7, 11) is -3.27. The molecule has 1 aromatic heterocycles. The van der Waals surface area contributed by atoms with Crippen LogP contribution in [0.15, 0.2) is 30.6 Å². The van der Waals surface area contributed by atoms with E-state index in [0.29, 0.717) is 37.6 Å². The van der Waals surface area contributed by atoms with Crippen molar-refractivity contribution in [2.45, 2.75) is 20.4 Å². The second-order valence-electron chi connectivity index (χ2n) is 8.46. The fourth-order valence-corrected chi connectivity index (χ4v) is 5.69. The molecular formula is C25H36N6O6P+. The van der Waals surface area contributed by atoms with E-state index in [-0.39, 0.29) is 72.2 Å². The summed E-state index contributed by atoms with van der Waals surface area (Å²) in [6.45, 7) is 5.47. The molecule has 1 aromatic carbocycles. The molecule has 1 aliphatic carbocycles. The largest absolute Gasteiger partial charge is 0.383 e. The Hall–Kier alpha value is -3.15. The van der Waals surface area contributed by atoms with Gasteiger partial charge in [-0.1, -0.05) is 0 Å². The predicted octanol–water partition coefficient (Wildman–Crippen LogP) is 0.873. The van der Waals surface area contributed by atoms with Crippen molar-refractivity contribution in [3.05, 3.63) is 52.8 Å². The van der Waals surface area contributed by atoms with E-state index in [1.54, 1.807) is 32.2 Å². The monoisotopic (exact) mass is 547 g/mol. The van der Waals surface area contributed by atoms with Crippen LogP contribution in [0.2, 0.25) is 0 Å². The average molecular weight is 548 g/mol. The molecule has 206 valence electrons. The van der Waals surface area contributed by atoms with Crippen molar-refractivity contribution < 1.29 is 32.6 Å². The third kappa shape index (κ3) is 6.83. The summed E-state index contributed by atoms with van der Waals surface area (Å²) in [5, 5.41) is 8.94. The van der Waals surface area contributed by atoms with Crippen LogP contribution in [0.5, 0.6) is 0 Å². The standard InChI is InChI=1S/C25H35N6O6P/c1-3-36-38(35,37-4-2)14-12-30-21(32)16-31-13-7-17-18(15-31)25(34)23-20(29-11-9-27)6-5-19(28-10-8-26)22(23)24(17)33/h5-7,13,15H,3-4,8-12,14,16,26-27H2,1-2H3,(H2,30,32,33)/p+1. The number of nitrogens with two attached hydrogens (primary N) is 2. The number of carbonyl (C=O) groups is 3. The van der Waals surface area contributed by atoms with E-state index in [1.165, 1.54) is 16.8 Å². The number of anilines is 2. The zero-order valence-electron chi connectivity index (χ0n) is 21.7. The van der Waals surface area contributed by atoms with Crippen LogP contribution in [0, 0.1) is 0 Å². The van der Waals surface area contributed by atoms with Gasteiger partial charge in [0.25, 0.3) is 5.91 Å². The molecule has 1 aliphatic rings. The van der Waals surface area contributed by atoms with Crippen molar-refractivity contribution in [3.8, 4) is 0 Å². The van der Waals surface area contributed by atoms with Crippen LogP contribution in [0.1, 0.15) is 45.7 Å². The molecule has 7 N–H and O–H groups in total. The van der Waals surface area contributed by atoms with Gasteiger partial charge < -0.3 is 36.5 Å².